The fraction of sp³-hybridized carbons (Fsp3) is 0.227. The number of ether oxygens (including phenoxy) is 1. The van der Waals surface area contributed by atoms with Crippen LogP contribution in [0.25, 0.3) is 17.0 Å². The summed E-state index contributed by atoms with van der Waals surface area (Å²) < 4.78 is 7.37. The molecule has 0 aliphatic rings. The molecule has 0 N–H and O–H groups in total. The van der Waals surface area contributed by atoms with Gasteiger partial charge in [-0.3, -0.25) is 4.79 Å². The standard InChI is InChI=1S/C22H22BrN3O2/c1-22(2,3)21-25-19-12-9-16(23)14-18(19)20(27)26(21)24-13-5-6-15-7-10-17(28-4)11-8-15/h5-14H,1-4H3/b6-5+,24-13?. The Balaban J connectivity index is 2.00. The van der Waals surface area contributed by atoms with Crippen molar-refractivity contribution in [2.75, 3.05) is 7.11 Å². The number of aromatic nitrogens is 2. The molecule has 0 amide bonds. The van der Waals surface area contributed by atoms with Crippen LogP contribution in [0.1, 0.15) is 32.2 Å². The van der Waals surface area contributed by atoms with Crippen LogP contribution in [-0.4, -0.2) is 23.0 Å². The molecule has 0 unspecified atom stereocenters. The molecule has 28 heavy (non-hydrogen) atoms. The van der Waals surface area contributed by atoms with Crippen LogP contribution in [0.3, 0.4) is 0 Å². The van der Waals surface area contributed by atoms with Gasteiger partial charge in [-0.2, -0.15) is 9.78 Å². The molecule has 0 aliphatic carbocycles. The minimum atomic E-state index is -0.336. The summed E-state index contributed by atoms with van der Waals surface area (Å²) in [6.45, 7) is 6.04. The van der Waals surface area contributed by atoms with Gasteiger partial charge in [0.05, 0.1) is 18.0 Å². The summed E-state index contributed by atoms with van der Waals surface area (Å²) in [5.74, 6) is 1.42. The van der Waals surface area contributed by atoms with Gasteiger partial charge in [0.2, 0.25) is 0 Å². The Labute approximate surface area is 172 Å². The molecule has 2 aromatic carbocycles. The first-order chi connectivity index (χ1) is 13.3. The van der Waals surface area contributed by atoms with Gasteiger partial charge in [0.25, 0.3) is 5.56 Å². The van der Waals surface area contributed by atoms with Crippen LogP contribution in [0.2, 0.25) is 0 Å². The molecule has 3 rings (SSSR count). The predicted octanol–water partition coefficient (Wildman–Crippen LogP) is 5.01. The Morgan fingerprint density at radius 1 is 1.14 bits per heavy atom. The molecule has 3 aromatic rings. The zero-order valence-electron chi connectivity index (χ0n) is 16.3. The van der Waals surface area contributed by atoms with Gasteiger partial charge < -0.3 is 4.74 Å². The molecule has 0 aliphatic heterocycles. The molecule has 5 nitrogen and oxygen atoms in total. The second-order valence-corrected chi connectivity index (χ2v) is 8.28. The molecule has 1 heterocycles. The summed E-state index contributed by atoms with van der Waals surface area (Å²) >= 11 is 3.41. The van der Waals surface area contributed by atoms with E-state index < -0.39 is 0 Å². The lowest BCUT2D eigenvalue weighted by Gasteiger charge is -2.20. The number of hydrogen-bond donors (Lipinski definition) is 0. The number of halogens is 1. The largest absolute Gasteiger partial charge is 0.497 e. The van der Waals surface area contributed by atoms with Crippen LogP contribution in [0.5, 0.6) is 5.75 Å². The first-order valence-corrected chi connectivity index (χ1v) is 9.67. The highest BCUT2D eigenvalue weighted by Gasteiger charge is 2.22. The van der Waals surface area contributed by atoms with Crippen LogP contribution < -0.4 is 10.3 Å². The zero-order chi connectivity index (χ0) is 20.3. The van der Waals surface area contributed by atoms with E-state index in [-0.39, 0.29) is 11.0 Å². The molecular weight excluding hydrogens is 418 g/mol. The van der Waals surface area contributed by atoms with Gasteiger partial charge in [0, 0.05) is 16.1 Å². The summed E-state index contributed by atoms with van der Waals surface area (Å²) in [6.07, 6.45) is 5.31. The summed E-state index contributed by atoms with van der Waals surface area (Å²) in [5, 5.41) is 4.92. The van der Waals surface area contributed by atoms with Crippen LogP contribution in [0, 0.1) is 0 Å². The monoisotopic (exact) mass is 439 g/mol. The van der Waals surface area contributed by atoms with Crippen LogP contribution >= 0.6 is 15.9 Å². The maximum atomic E-state index is 13.0. The Morgan fingerprint density at radius 3 is 2.50 bits per heavy atom. The molecule has 0 fully saturated rings. The van der Waals surface area contributed by atoms with Crippen molar-refractivity contribution in [3.8, 4) is 5.75 Å². The van der Waals surface area contributed by atoms with Gasteiger partial charge in [0.15, 0.2) is 0 Å². The fourth-order valence-electron chi connectivity index (χ4n) is 2.72. The van der Waals surface area contributed by atoms with E-state index in [1.165, 1.54) is 4.68 Å². The fourth-order valence-corrected chi connectivity index (χ4v) is 3.08. The van der Waals surface area contributed by atoms with E-state index in [2.05, 4.69) is 21.0 Å². The summed E-state index contributed by atoms with van der Waals surface area (Å²) in [5.41, 5.74) is 1.15. The Morgan fingerprint density at radius 2 is 1.86 bits per heavy atom. The van der Waals surface area contributed by atoms with Crippen LogP contribution in [0.4, 0.5) is 0 Å². The van der Waals surface area contributed by atoms with Gasteiger partial charge in [-0.15, -0.1) is 0 Å². The van der Waals surface area contributed by atoms with Crippen molar-refractivity contribution in [2.24, 2.45) is 5.10 Å². The van der Waals surface area contributed by atoms with Crippen molar-refractivity contribution < 1.29 is 4.74 Å². The highest BCUT2D eigenvalue weighted by Crippen LogP contribution is 2.22. The molecular formula is C22H22BrN3O2. The normalized spacial score (nSPS) is 12.3. The summed E-state index contributed by atoms with van der Waals surface area (Å²) in [7, 11) is 1.64. The zero-order valence-corrected chi connectivity index (χ0v) is 17.9. The third-order valence-corrected chi connectivity index (χ3v) is 4.65. The number of methoxy groups -OCH3 is 1. The number of nitrogens with zero attached hydrogens (tertiary/aromatic N) is 3. The van der Waals surface area contributed by atoms with E-state index in [1.54, 1.807) is 25.5 Å². The Kier molecular flexibility index (Phi) is 5.79. The van der Waals surface area contributed by atoms with Crippen molar-refractivity contribution in [2.45, 2.75) is 26.2 Å². The molecule has 0 atom stereocenters. The molecule has 0 spiro atoms. The lowest BCUT2D eigenvalue weighted by atomic mass is 9.95. The van der Waals surface area contributed by atoms with E-state index in [0.29, 0.717) is 16.7 Å². The van der Waals surface area contributed by atoms with Crippen LogP contribution in [0.15, 0.2) is 62.9 Å². The quantitative estimate of drug-likeness (QED) is 0.536. The summed E-state index contributed by atoms with van der Waals surface area (Å²) in [4.78, 5) is 17.7. The maximum absolute atomic E-state index is 13.0. The van der Waals surface area contributed by atoms with Gasteiger partial charge in [-0.25, -0.2) is 4.98 Å². The lowest BCUT2D eigenvalue weighted by molar-refractivity contribution is 0.415. The average molecular weight is 440 g/mol. The van der Waals surface area contributed by atoms with Gasteiger partial charge in [-0.1, -0.05) is 54.9 Å². The van der Waals surface area contributed by atoms with E-state index in [0.717, 1.165) is 15.8 Å². The van der Waals surface area contributed by atoms with Gasteiger partial charge >= 0.3 is 0 Å². The van der Waals surface area contributed by atoms with E-state index >= 15 is 0 Å². The van der Waals surface area contributed by atoms with Crippen molar-refractivity contribution >= 4 is 39.1 Å². The molecule has 0 saturated carbocycles. The molecule has 0 radical (unpaired) electrons. The van der Waals surface area contributed by atoms with Crippen molar-refractivity contribution in [3.05, 3.63) is 74.8 Å². The Bertz CT molecular complexity index is 1110. The molecule has 6 heteroatoms. The third kappa shape index (κ3) is 4.39. The summed E-state index contributed by atoms with van der Waals surface area (Å²) in [6, 6.07) is 13.2. The predicted molar refractivity (Wildman–Crippen MR) is 118 cm³/mol. The number of hydrogen-bond acceptors (Lipinski definition) is 4. The van der Waals surface area contributed by atoms with Gasteiger partial charge in [0.1, 0.15) is 11.6 Å². The second-order valence-electron chi connectivity index (χ2n) is 7.36. The highest BCUT2D eigenvalue weighted by atomic mass is 79.9. The van der Waals surface area contributed by atoms with Crippen LogP contribution in [-0.2, 0) is 5.41 Å². The second kappa shape index (κ2) is 8.10. The first-order valence-electron chi connectivity index (χ1n) is 8.87. The van der Waals surface area contributed by atoms with E-state index in [4.69, 9.17) is 9.72 Å². The SMILES string of the molecule is COc1ccc(/C=C/C=Nn2c(C(C)(C)C)nc3ccc(Br)cc3c2=O)cc1. The number of allylic oxidation sites excluding steroid dienone is 1. The van der Waals surface area contributed by atoms with Gasteiger partial charge in [-0.05, 0) is 42.0 Å². The van der Waals surface area contributed by atoms with E-state index in [1.807, 2.05) is 63.2 Å². The van der Waals surface area contributed by atoms with E-state index in [9.17, 15) is 4.79 Å². The molecule has 0 bridgehead atoms. The molecule has 1 aromatic heterocycles. The lowest BCUT2D eigenvalue weighted by Crippen LogP contribution is -2.29. The topological polar surface area (TPSA) is 56.5 Å². The molecule has 144 valence electrons. The third-order valence-electron chi connectivity index (χ3n) is 4.15. The molecule has 0 saturated heterocycles. The maximum Gasteiger partial charge on any atom is 0.282 e. The average Bonchev–Trinajstić information content (AvgIpc) is 2.66. The van der Waals surface area contributed by atoms with Crippen molar-refractivity contribution in [1.29, 1.82) is 0 Å². The smallest absolute Gasteiger partial charge is 0.282 e. The van der Waals surface area contributed by atoms with Crippen molar-refractivity contribution in [1.82, 2.24) is 9.66 Å². The number of rotatable bonds is 4. The minimum absolute atomic E-state index is 0.190. The first kappa shape index (κ1) is 20.0. The number of fused-ring (bicyclic) bond motifs is 1. The number of benzene rings is 2. The minimum Gasteiger partial charge on any atom is -0.497 e. The van der Waals surface area contributed by atoms with Crippen molar-refractivity contribution in [3.63, 3.8) is 0 Å². The highest BCUT2D eigenvalue weighted by molar-refractivity contribution is 9.10. The Hall–Kier alpha value is -2.73.